The number of hydrogen-bond acceptors (Lipinski definition) is 1. The molecule has 1 heterocycles. The van der Waals surface area contributed by atoms with Crippen molar-refractivity contribution in [2.75, 3.05) is 6.54 Å². The first kappa shape index (κ1) is 10.6. The van der Waals surface area contributed by atoms with E-state index in [0.29, 0.717) is 6.04 Å². The van der Waals surface area contributed by atoms with Crippen molar-refractivity contribution < 1.29 is 0 Å². The van der Waals surface area contributed by atoms with Crippen LogP contribution >= 0.6 is 12.2 Å². The number of rotatable bonds is 2. The molecule has 0 fully saturated rings. The minimum atomic E-state index is 0.548. The Bertz CT molecular complexity index is 373. The van der Waals surface area contributed by atoms with E-state index in [-0.39, 0.29) is 0 Å². The third-order valence-electron chi connectivity index (χ3n) is 3.02. The quantitative estimate of drug-likeness (QED) is 0.703. The predicted octanol–water partition coefficient (Wildman–Crippen LogP) is 3.02. The molecule has 0 bridgehead atoms. The van der Waals surface area contributed by atoms with Gasteiger partial charge in [0.05, 0.1) is 0 Å². The molecule has 0 saturated carbocycles. The molecule has 1 aliphatic rings. The molecule has 0 radical (unpaired) electrons. The van der Waals surface area contributed by atoms with Gasteiger partial charge in [0.1, 0.15) is 4.99 Å². The highest BCUT2D eigenvalue weighted by Crippen LogP contribution is 2.23. The average molecular weight is 219 g/mol. The standard InChI is InChI=1S/C13H17NS/c1-3-8-14-10(2)9-11-6-4-5-7-12(11)13(14)15/h4-7,10H,3,8-9H2,1-2H3. The molecule has 1 atom stereocenters. The summed E-state index contributed by atoms with van der Waals surface area (Å²) < 4.78 is 0. The van der Waals surface area contributed by atoms with E-state index in [1.807, 2.05) is 0 Å². The summed E-state index contributed by atoms with van der Waals surface area (Å²) in [4.78, 5) is 3.39. The number of nitrogens with zero attached hydrogens (tertiary/aromatic N) is 1. The van der Waals surface area contributed by atoms with Gasteiger partial charge < -0.3 is 4.90 Å². The molecule has 1 aliphatic heterocycles. The topological polar surface area (TPSA) is 3.24 Å². The van der Waals surface area contributed by atoms with Gasteiger partial charge in [0, 0.05) is 18.2 Å². The lowest BCUT2D eigenvalue weighted by atomic mass is 9.95. The van der Waals surface area contributed by atoms with Crippen LogP contribution in [-0.2, 0) is 6.42 Å². The van der Waals surface area contributed by atoms with Crippen LogP contribution in [0.5, 0.6) is 0 Å². The Morgan fingerprint density at radius 1 is 1.40 bits per heavy atom. The van der Waals surface area contributed by atoms with Crippen molar-refractivity contribution in [2.24, 2.45) is 0 Å². The van der Waals surface area contributed by atoms with Gasteiger partial charge >= 0.3 is 0 Å². The second kappa shape index (κ2) is 4.31. The zero-order valence-electron chi connectivity index (χ0n) is 9.36. The summed E-state index contributed by atoms with van der Waals surface area (Å²) >= 11 is 5.55. The Labute approximate surface area is 97.1 Å². The fraction of sp³-hybridized carbons (Fsp3) is 0.462. The average Bonchev–Trinajstić information content (AvgIpc) is 2.24. The minimum absolute atomic E-state index is 0.548. The maximum Gasteiger partial charge on any atom is 0.109 e. The Kier molecular flexibility index (Phi) is 3.06. The fourth-order valence-electron chi connectivity index (χ4n) is 2.25. The van der Waals surface area contributed by atoms with Crippen LogP contribution in [0, 0.1) is 0 Å². The number of hydrogen-bond donors (Lipinski definition) is 0. The number of benzene rings is 1. The lowest BCUT2D eigenvalue weighted by molar-refractivity contribution is 0.325. The van der Waals surface area contributed by atoms with Gasteiger partial charge in [-0.05, 0) is 25.3 Å². The minimum Gasteiger partial charge on any atom is -0.359 e. The molecule has 0 spiro atoms. The summed E-state index contributed by atoms with van der Waals surface area (Å²) in [5.41, 5.74) is 2.67. The van der Waals surface area contributed by atoms with Crippen LogP contribution in [0.15, 0.2) is 24.3 Å². The Morgan fingerprint density at radius 2 is 2.13 bits per heavy atom. The molecular weight excluding hydrogens is 202 g/mol. The molecule has 1 aromatic carbocycles. The highest BCUT2D eigenvalue weighted by Gasteiger charge is 2.25. The van der Waals surface area contributed by atoms with Crippen LogP contribution in [0.25, 0.3) is 0 Å². The van der Waals surface area contributed by atoms with Gasteiger partial charge in [-0.1, -0.05) is 43.4 Å². The first-order valence-electron chi connectivity index (χ1n) is 5.63. The van der Waals surface area contributed by atoms with Crippen LogP contribution in [0.4, 0.5) is 0 Å². The third kappa shape index (κ3) is 1.91. The molecule has 0 aromatic heterocycles. The monoisotopic (exact) mass is 219 g/mol. The molecule has 0 amide bonds. The summed E-state index contributed by atoms with van der Waals surface area (Å²) in [6.07, 6.45) is 2.28. The van der Waals surface area contributed by atoms with Crippen molar-refractivity contribution in [2.45, 2.75) is 32.7 Å². The molecule has 1 aromatic rings. The van der Waals surface area contributed by atoms with Crippen LogP contribution in [0.3, 0.4) is 0 Å². The van der Waals surface area contributed by atoms with E-state index in [4.69, 9.17) is 12.2 Å². The molecule has 0 N–H and O–H groups in total. The highest BCUT2D eigenvalue weighted by atomic mass is 32.1. The summed E-state index contributed by atoms with van der Waals surface area (Å²) in [5.74, 6) is 0. The molecule has 1 nitrogen and oxygen atoms in total. The van der Waals surface area contributed by atoms with Crippen molar-refractivity contribution in [1.29, 1.82) is 0 Å². The molecule has 1 unspecified atom stereocenters. The first-order chi connectivity index (χ1) is 7.24. The van der Waals surface area contributed by atoms with Crippen LogP contribution in [0.1, 0.15) is 31.4 Å². The van der Waals surface area contributed by atoms with Crippen molar-refractivity contribution in [1.82, 2.24) is 4.90 Å². The summed E-state index contributed by atoms with van der Waals surface area (Å²) in [7, 11) is 0. The van der Waals surface area contributed by atoms with Gasteiger partial charge in [-0.2, -0.15) is 0 Å². The molecule has 2 heteroatoms. The molecule has 0 saturated heterocycles. The largest absolute Gasteiger partial charge is 0.359 e. The predicted molar refractivity (Wildman–Crippen MR) is 68.3 cm³/mol. The van der Waals surface area contributed by atoms with E-state index in [0.717, 1.165) is 24.4 Å². The van der Waals surface area contributed by atoms with Crippen LogP contribution in [0.2, 0.25) is 0 Å². The Balaban J connectivity index is 2.34. The van der Waals surface area contributed by atoms with Gasteiger partial charge in [-0.25, -0.2) is 0 Å². The molecule has 0 aliphatic carbocycles. The van der Waals surface area contributed by atoms with Crippen LogP contribution < -0.4 is 0 Å². The number of thiocarbonyl (C=S) groups is 1. The van der Waals surface area contributed by atoms with E-state index in [9.17, 15) is 0 Å². The van der Waals surface area contributed by atoms with E-state index in [1.165, 1.54) is 11.1 Å². The van der Waals surface area contributed by atoms with Crippen LogP contribution in [-0.4, -0.2) is 22.5 Å². The molecule has 2 rings (SSSR count). The Hall–Kier alpha value is -0.890. The lowest BCUT2D eigenvalue weighted by Crippen LogP contribution is -2.43. The Morgan fingerprint density at radius 3 is 2.87 bits per heavy atom. The normalized spacial score (nSPS) is 20.3. The number of fused-ring (bicyclic) bond motifs is 1. The summed E-state index contributed by atoms with van der Waals surface area (Å²) in [6.45, 7) is 5.54. The first-order valence-corrected chi connectivity index (χ1v) is 6.03. The van der Waals surface area contributed by atoms with Crippen molar-refractivity contribution in [3.8, 4) is 0 Å². The SMILES string of the molecule is CCCN1C(=S)c2ccccc2CC1C. The maximum atomic E-state index is 5.55. The molecular formula is C13H17NS. The maximum absolute atomic E-state index is 5.55. The van der Waals surface area contributed by atoms with Gasteiger partial charge in [0.2, 0.25) is 0 Å². The third-order valence-corrected chi connectivity index (χ3v) is 3.47. The summed E-state index contributed by atoms with van der Waals surface area (Å²) in [6, 6.07) is 9.06. The zero-order valence-corrected chi connectivity index (χ0v) is 10.2. The summed E-state index contributed by atoms with van der Waals surface area (Å²) in [5, 5.41) is 0. The van der Waals surface area contributed by atoms with Gasteiger partial charge in [-0.3, -0.25) is 0 Å². The second-order valence-electron chi connectivity index (χ2n) is 4.21. The van der Waals surface area contributed by atoms with E-state index < -0.39 is 0 Å². The van der Waals surface area contributed by atoms with Gasteiger partial charge in [-0.15, -0.1) is 0 Å². The lowest BCUT2D eigenvalue weighted by Gasteiger charge is -2.36. The second-order valence-corrected chi connectivity index (χ2v) is 4.60. The fourth-order valence-corrected chi connectivity index (χ4v) is 2.72. The van der Waals surface area contributed by atoms with Crippen molar-refractivity contribution >= 4 is 17.2 Å². The van der Waals surface area contributed by atoms with E-state index >= 15 is 0 Å². The smallest absolute Gasteiger partial charge is 0.109 e. The van der Waals surface area contributed by atoms with E-state index in [1.54, 1.807) is 0 Å². The molecule has 80 valence electrons. The van der Waals surface area contributed by atoms with Crippen molar-refractivity contribution in [3.05, 3.63) is 35.4 Å². The van der Waals surface area contributed by atoms with Gasteiger partial charge in [0.15, 0.2) is 0 Å². The van der Waals surface area contributed by atoms with Gasteiger partial charge in [0.25, 0.3) is 0 Å². The zero-order chi connectivity index (χ0) is 10.8. The van der Waals surface area contributed by atoms with Crippen molar-refractivity contribution in [3.63, 3.8) is 0 Å². The van der Waals surface area contributed by atoms with E-state index in [2.05, 4.69) is 43.0 Å². The molecule has 15 heavy (non-hydrogen) atoms. The highest BCUT2D eigenvalue weighted by molar-refractivity contribution is 7.80.